The summed E-state index contributed by atoms with van der Waals surface area (Å²) in [4.78, 5) is 24.1. The molecule has 30 heavy (non-hydrogen) atoms. The summed E-state index contributed by atoms with van der Waals surface area (Å²) in [6, 6.07) is 5.07. The van der Waals surface area contributed by atoms with E-state index in [4.69, 9.17) is 9.47 Å². The molecule has 154 valence electrons. The fraction of sp³-hybridized carbons (Fsp3) is 0.200. The van der Waals surface area contributed by atoms with Crippen LogP contribution in [0.3, 0.4) is 0 Å². The molecule has 0 fully saturated rings. The standard InChI is InChI=1S/C20H21N7O3/c1-21-18(28)11-5-6-14(15(7-11)29-3)24-20-25-17-16(19(26-20)30-4)13(9-22-17)12-8-23-27(2)10-12/h5-10H,1-4H3,(H,21,28)(H2,22,24,25,26). The van der Waals surface area contributed by atoms with Crippen molar-refractivity contribution in [1.29, 1.82) is 0 Å². The number of amides is 1. The van der Waals surface area contributed by atoms with Crippen LogP contribution in [0.25, 0.3) is 22.2 Å². The normalized spacial score (nSPS) is 10.8. The molecular formula is C20H21N7O3. The monoisotopic (exact) mass is 407 g/mol. The maximum absolute atomic E-state index is 11.9. The number of carbonyl (C=O) groups is 1. The van der Waals surface area contributed by atoms with Crippen molar-refractivity contribution in [3.8, 4) is 22.8 Å². The third-order valence-electron chi connectivity index (χ3n) is 4.64. The number of H-pyrrole nitrogens is 1. The zero-order valence-corrected chi connectivity index (χ0v) is 17.0. The second-order valence-electron chi connectivity index (χ2n) is 6.50. The molecule has 3 aromatic heterocycles. The zero-order chi connectivity index (χ0) is 21.3. The lowest BCUT2D eigenvalue weighted by Gasteiger charge is -2.12. The predicted molar refractivity (Wildman–Crippen MR) is 112 cm³/mol. The van der Waals surface area contributed by atoms with Gasteiger partial charge in [-0.1, -0.05) is 0 Å². The van der Waals surface area contributed by atoms with Gasteiger partial charge in [-0.15, -0.1) is 0 Å². The third-order valence-corrected chi connectivity index (χ3v) is 4.64. The number of benzene rings is 1. The first-order valence-corrected chi connectivity index (χ1v) is 9.13. The van der Waals surface area contributed by atoms with Crippen molar-refractivity contribution in [3.63, 3.8) is 0 Å². The lowest BCUT2D eigenvalue weighted by atomic mass is 10.1. The van der Waals surface area contributed by atoms with E-state index in [0.717, 1.165) is 16.5 Å². The van der Waals surface area contributed by atoms with Gasteiger partial charge < -0.3 is 25.1 Å². The van der Waals surface area contributed by atoms with Crippen LogP contribution in [-0.4, -0.2) is 51.9 Å². The van der Waals surface area contributed by atoms with E-state index in [2.05, 4.69) is 30.7 Å². The van der Waals surface area contributed by atoms with Gasteiger partial charge in [0.1, 0.15) is 11.4 Å². The Labute approximate surface area is 172 Å². The van der Waals surface area contributed by atoms with Gasteiger partial charge in [0.15, 0.2) is 0 Å². The average Bonchev–Trinajstić information content (AvgIpc) is 3.38. The molecule has 1 aromatic carbocycles. The molecule has 4 rings (SSSR count). The molecule has 4 aromatic rings. The highest BCUT2D eigenvalue weighted by molar-refractivity contribution is 5.98. The minimum atomic E-state index is -0.200. The molecule has 1 amide bonds. The van der Waals surface area contributed by atoms with Gasteiger partial charge in [-0.25, -0.2) is 0 Å². The number of aromatic amines is 1. The number of nitrogens with one attached hydrogen (secondary N) is 3. The second-order valence-corrected chi connectivity index (χ2v) is 6.50. The number of carbonyl (C=O) groups excluding carboxylic acids is 1. The maximum Gasteiger partial charge on any atom is 0.251 e. The predicted octanol–water partition coefficient (Wildman–Crippen LogP) is 2.48. The van der Waals surface area contributed by atoms with Gasteiger partial charge in [-0.05, 0) is 18.2 Å². The van der Waals surface area contributed by atoms with Crippen molar-refractivity contribution in [2.75, 3.05) is 26.6 Å². The molecule has 3 N–H and O–H groups in total. The van der Waals surface area contributed by atoms with Gasteiger partial charge in [0.2, 0.25) is 11.8 Å². The summed E-state index contributed by atoms with van der Waals surface area (Å²) in [5.41, 5.74) is 3.54. The molecular weight excluding hydrogens is 386 g/mol. The van der Waals surface area contributed by atoms with E-state index >= 15 is 0 Å². The van der Waals surface area contributed by atoms with Crippen molar-refractivity contribution in [1.82, 2.24) is 30.0 Å². The number of hydrogen-bond acceptors (Lipinski definition) is 7. The highest BCUT2D eigenvalue weighted by Crippen LogP contribution is 2.35. The zero-order valence-electron chi connectivity index (χ0n) is 17.0. The van der Waals surface area contributed by atoms with Crippen LogP contribution in [0.5, 0.6) is 11.6 Å². The first-order chi connectivity index (χ1) is 14.5. The largest absolute Gasteiger partial charge is 0.495 e. The minimum Gasteiger partial charge on any atom is -0.495 e. The van der Waals surface area contributed by atoms with Crippen LogP contribution in [0, 0.1) is 0 Å². The molecule has 0 saturated heterocycles. The number of fused-ring (bicyclic) bond motifs is 1. The Morgan fingerprint density at radius 2 is 2.03 bits per heavy atom. The van der Waals surface area contributed by atoms with Gasteiger partial charge in [0, 0.05) is 43.2 Å². The van der Waals surface area contributed by atoms with Crippen LogP contribution >= 0.6 is 0 Å². The summed E-state index contributed by atoms with van der Waals surface area (Å²) in [5, 5.41) is 10.7. The number of nitrogens with zero attached hydrogens (tertiary/aromatic N) is 4. The molecule has 0 aliphatic heterocycles. The first-order valence-electron chi connectivity index (χ1n) is 9.13. The van der Waals surface area contributed by atoms with Crippen molar-refractivity contribution in [2.45, 2.75) is 0 Å². The number of ether oxygens (including phenoxy) is 2. The van der Waals surface area contributed by atoms with Crippen molar-refractivity contribution >= 4 is 28.6 Å². The van der Waals surface area contributed by atoms with E-state index < -0.39 is 0 Å². The third kappa shape index (κ3) is 3.39. The van der Waals surface area contributed by atoms with Gasteiger partial charge in [-0.2, -0.15) is 15.1 Å². The van der Waals surface area contributed by atoms with Crippen LogP contribution < -0.4 is 20.1 Å². The molecule has 0 aliphatic rings. The fourth-order valence-corrected chi connectivity index (χ4v) is 3.19. The van der Waals surface area contributed by atoms with Gasteiger partial charge in [-0.3, -0.25) is 9.48 Å². The van der Waals surface area contributed by atoms with Crippen molar-refractivity contribution in [2.24, 2.45) is 7.05 Å². The number of anilines is 2. The Bertz CT molecular complexity index is 1230. The molecule has 0 radical (unpaired) electrons. The Morgan fingerprint density at radius 1 is 1.20 bits per heavy atom. The molecule has 0 spiro atoms. The van der Waals surface area contributed by atoms with Crippen molar-refractivity contribution in [3.05, 3.63) is 42.4 Å². The summed E-state index contributed by atoms with van der Waals surface area (Å²) in [6.45, 7) is 0. The second kappa shape index (κ2) is 7.74. The smallest absolute Gasteiger partial charge is 0.251 e. The average molecular weight is 407 g/mol. The van der Waals surface area contributed by atoms with Crippen LogP contribution in [0.2, 0.25) is 0 Å². The number of rotatable bonds is 6. The minimum absolute atomic E-state index is 0.200. The summed E-state index contributed by atoms with van der Waals surface area (Å²) >= 11 is 0. The SMILES string of the molecule is CNC(=O)c1ccc(Nc2nc(OC)c3c(-c4cnn(C)c4)c[nH]c3n2)c(OC)c1. The fourth-order valence-electron chi connectivity index (χ4n) is 3.19. The summed E-state index contributed by atoms with van der Waals surface area (Å²) in [6.07, 6.45) is 5.53. The Balaban J connectivity index is 1.73. The Hall–Kier alpha value is -4.08. The van der Waals surface area contributed by atoms with E-state index in [1.54, 1.807) is 43.2 Å². The van der Waals surface area contributed by atoms with E-state index in [1.165, 1.54) is 7.11 Å². The number of methoxy groups -OCH3 is 2. The van der Waals surface area contributed by atoms with Gasteiger partial charge >= 0.3 is 0 Å². The lowest BCUT2D eigenvalue weighted by molar-refractivity contribution is 0.0963. The topological polar surface area (TPSA) is 119 Å². The molecule has 0 unspecified atom stereocenters. The van der Waals surface area contributed by atoms with Crippen molar-refractivity contribution < 1.29 is 14.3 Å². The summed E-state index contributed by atoms with van der Waals surface area (Å²) in [5.74, 6) is 1.03. The van der Waals surface area contributed by atoms with Crippen LogP contribution in [0.4, 0.5) is 11.6 Å². The van der Waals surface area contributed by atoms with Crippen LogP contribution in [0.1, 0.15) is 10.4 Å². The molecule has 0 aliphatic carbocycles. The molecule has 0 saturated carbocycles. The van der Waals surface area contributed by atoms with Gasteiger partial charge in [0.25, 0.3) is 5.91 Å². The molecule has 10 heteroatoms. The van der Waals surface area contributed by atoms with E-state index in [-0.39, 0.29) is 5.91 Å². The van der Waals surface area contributed by atoms with Crippen LogP contribution in [-0.2, 0) is 7.05 Å². The Kier molecular flexibility index (Phi) is 4.97. The van der Waals surface area contributed by atoms with Gasteiger partial charge in [0.05, 0.1) is 31.5 Å². The Morgan fingerprint density at radius 3 is 2.70 bits per heavy atom. The van der Waals surface area contributed by atoms with E-state index in [1.807, 2.05) is 19.4 Å². The number of hydrogen-bond donors (Lipinski definition) is 3. The first kappa shape index (κ1) is 19.2. The summed E-state index contributed by atoms with van der Waals surface area (Å²) in [7, 11) is 6.53. The molecule has 0 atom stereocenters. The maximum atomic E-state index is 11.9. The summed E-state index contributed by atoms with van der Waals surface area (Å²) < 4.78 is 12.7. The molecule has 3 heterocycles. The quantitative estimate of drug-likeness (QED) is 0.449. The highest BCUT2D eigenvalue weighted by atomic mass is 16.5. The number of aryl methyl sites for hydroxylation is 1. The van der Waals surface area contributed by atoms with Crippen LogP contribution in [0.15, 0.2) is 36.8 Å². The molecule has 10 nitrogen and oxygen atoms in total. The lowest BCUT2D eigenvalue weighted by Crippen LogP contribution is -2.17. The molecule has 0 bridgehead atoms. The highest BCUT2D eigenvalue weighted by Gasteiger charge is 2.18. The van der Waals surface area contributed by atoms with E-state index in [0.29, 0.717) is 34.5 Å². The number of aromatic nitrogens is 5. The van der Waals surface area contributed by atoms with E-state index in [9.17, 15) is 4.79 Å².